The summed E-state index contributed by atoms with van der Waals surface area (Å²) in [4.78, 5) is 0. The molecule has 0 fully saturated rings. The van der Waals surface area contributed by atoms with Gasteiger partial charge in [-0.2, -0.15) is 0 Å². The van der Waals surface area contributed by atoms with Gasteiger partial charge in [-0.1, -0.05) is 0 Å². The quantitative estimate of drug-likeness (QED) is 0.100. The van der Waals surface area contributed by atoms with Gasteiger partial charge >= 0.3 is 564 Å². The van der Waals surface area contributed by atoms with Crippen LogP contribution in [-0.2, 0) is 76.7 Å². The monoisotopic (exact) mass is 2620 g/mol. The van der Waals surface area contributed by atoms with Crippen molar-refractivity contribution in [3.05, 3.63) is 0 Å². The molecule has 39 N–H and O–H groups in total. The second-order valence-electron chi connectivity index (χ2n) is 4.60. The largest absolute Gasteiger partial charge is 1.00 e. The Morgan fingerprint density at radius 2 is 0.123 bits per heavy atom. The van der Waals surface area contributed by atoms with Crippen LogP contribution in [-0.4, -0.2) is 453 Å². The molecule has 81 heteroatoms. The summed E-state index contributed by atoms with van der Waals surface area (Å²) in [5.74, 6) is 0. The zero-order chi connectivity index (χ0) is 71.5. The van der Waals surface area contributed by atoms with E-state index in [1.54, 1.807) is 0 Å². The van der Waals surface area contributed by atoms with Gasteiger partial charge in [-0.25, -0.2) is 0 Å². The van der Waals surface area contributed by atoms with E-state index in [4.69, 9.17) is 244 Å². The summed E-state index contributed by atoms with van der Waals surface area (Å²) in [6.07, 6.45) is 0. The molecule has 0 aromatic carbocycles. The fraction of sp³-hybridized carbons (Fsp3) is 0. The van der Waals surface area contributed by atoms with Crippen LogP contribution in [0.15, 0.2) is 0 Å². The predicted octanol–water partition coefficient (Wildman–Crippen LogP) is -35.9. The van der Waals surface area contributed by atoms with Crippen LogP contribution in [0.4, 0.5) is 0 Å². The molecule has 0 rings (SSSR count). The smallest absolute Gasteiger partial charge is 1.00 e. The Kier molecular flexibility index (Phi) is 260. The molecule has 60 nitrogen and oxygen atoms in total. The normalized spacial score (nSPS) is 8.98. The number of hydrogen-bond acceptors (Lipinski definition) is 21. The van der Waals surface area contributed by atoms with E-state index < -0.39 is 290 Å². The molecule has 1 unspecified atom stereocenters. The first-order valence-corrected chi connectivity index (χ1v) is 55.2. The second kappa shape index (κ2) is 142. The van der Waals surface area contributed by atoms with Crippen molar-refractivity contribution in [1.29, 1.82) is 0 Å². The van der Waals surface area contributed by atoms with Crippen molar-refractivity contribution in [2.24, 2.45) is 0 Å². The maximum Gasteiger partial charge on any atom is 1.00 e. The van der Waals surface area contributed by atoms with Crippen molar-refractivity contribution in [3.63, 3.8) is 0 Å². The summed E-state index contributed by atoms with van der Waals surface area (Å²) >= 11 is -66.1. The fourth-order valence-electron chi connectivity index (χ4n) is 0. The molecule has 1 atom stereocenters. The molecule has 0 aliphatic heterocycles. The van der Waals surface area contributed by atoms with Gasteiger partial charge in [0.25, 0.3) is 0 Å². The van der Waals surface area contributed by atoms with Crippen LogP contribution in [0.25, 0.3) is 0 Å². The van der Waals surface area contributed by atoms with E-state index in [-0.39, 0.29) is 29.6 Å². The molecule has 520 valence electrons. The molecular weight excluding hydrogens is 2560 g/mol. The van der Waals surface area contributed by atoms with Crippen LogP contribution >= 0.6 is 0 Å². The Morgan fingerprint density at radius 3 is 0.123 bits per heavy atom. The van der Waals surface area contributed by atoms with E-state index in [1.165, 1.54) is 0 Å². The van der Waals surface area contributed by atoms with Gasteiger partial charge < -0.3 is 0 Å². The van der Waals surface area contributed by atoms with Gasteiger partial charge in [0.05, 0.1) is 0 Å². The van der Waals surface area contributed by atoms with Crippen molar-refractivity contribution in [3.8, 4) is 0 Å². The van der Waals surface area contributed by atoms with E-state index in [0.717, 1.165) is 0 Å². The summed E-state index contributed by atoms with van der Waals surface area (Å²) in [5.41, 5.74) is 0. The summed E-state index contributed by atoms with van der Waals surface area (Å²) < 4.78 is 464. The van der Waals surface area contributed by atoms with Gasteiger partial charge in [-0.3, -0.25) is 0 Å². The Balaban J connectivity index is -0.0000000246. The Labute approximate surface area is 555 Å². The topological polar surface area (TPSA) is 1150 Å². The predicted molar refractivity (Wildman–Crippen MR) is 215 cm³/mol. The first kappa shape index (κ1) is 148. The minimum absolute atomic E-state index is 0. The maximum atomic E-state index is 8.76. The van der Waals surface area contributed by atoms with Gasteiger partial charge in [0.1, 0.15) is 0 Å². The number of hydrogen-bond donors (Lipinski definition) is 39. The Hall–Kier alpha value is 5.79. The molecule has 0 heterocycles. The molecule has 0 saturated carbocycles. The Bertz CT molecular complexity index is 1050. The minimum Gasteiger partial charge on any atom is 1.00 e. The molecule has 0 bridgehead atoms. The van der Waals surface area contributed by atoms with Crippen LogP contribution in [0.1, 0.15) is 0 Å². The first-order chi connectivity index (χ1) is 34.6. The molecule has 0 radical (unpaired) electrons. The molecule has 0 saturated heterocycles. The van der Waals surface area contributed by atoms with Gasteiger partial charge in [-0.15, -0.1) is 0 Å². The van der Waals surface area contributed by atoms with E-state index in [1.807, 2.05) is 0 Å². The molecule has 0 aliphatic carbocycles. The average Bonchev–Trinajstić information content (AvgIpc) is 2.99. The van der Waals surface area contributed by atoms with Crippen LogP contribution in [0.2, 0.25) is 0 Å². The third-order valence-corrected chi connectivity index (χ3v) is 0. The zero-order valence-corrected chi connectivity index (χ0v) is 71.4. The average molecular weight is 2600 g/mol. The van der Waals surface area contributed by atoms with Crippen molar-refractivity contribution in [2.45, 2.75) is 0 Å². The molecular formula is H39NaO60Se20. The third-order valence-electron chi connectivity index (χ3n) is 0. The summed E-state index contributed by atoms with van der Waals surface area (Å²) in [6.45, 7) is 0. The van der Waals surface area contributed by atoms with Crippen molar-refractivity contribution < 1.29 is 274 Å². The molecule has 0 aromatic heterocycles. The maximum absolute atomic E-state index is 8.76. The summed E-state index contributed by atoms with van der Waals surface area (Å²) in [7, 11) is 0. The van der Waals surface area contributed by atoms with Crippen LogP contribution in [0.5, 0.6) is 0 Å². The van der Waals surface area contributed by atoms with Crippen LogP contribution < -0.4 is 33.7 Å². The van der Waals surface area contributed by atoms with Gasteiger partial charge in [-0.05, 0) is 0 Å². The van der Waals surface area contributed by atoms with Gasteiger partial charge in [0, 0.05) is 0 Å². The molecule has 81 heavy (non-hydrogen) atoms. The third kappa shape index (κ3) is 18000. The van der Waals surface area contributed by atoms with Crippen LogP contribution in [0.3, 0.4) is 0 Å². The zero-order valence-electron chi connectivity index (χ0n) is 35.2. The molecule has 0 aromatic rings. The van der Waals surface area contributed by atoms with E-state index >= 15 is 0 Å². The van der Waals surface area contributed by atoms with E-state index in [9.17, 15) is 0 Å². The minimum atomic E-state index is -3.54. The SMILES string of the molecule is O=[Se](O)O.O=[Se](O)O.O=[Se](O)O.O=[Se](O)O.O=[Se](O)O.O=[Se](O)O.O=[Se](O)O.O=[Se](O)O.O=[Se](O)O.O=[Se](O)O.O=[Se](O)O.O=[Se](O)O.O=[Se](O)O.O=[Se](O)O.O=[Se](O)O.O=[Se](O)O.O=[Se](O)O.O=[Se](O)O.O=[Se](O)O.O=[Se]([O-])O.[Na+]. The van der Waals surface area contributed by atoms with Crippen molar-refractivity contribution >= 4 is 290 Å². The molecule has 0 spiro atoms. The van der Waals surface area contributed by atoms with Gasteiger partial charge in [0.15, 0.2) is 0 Å². The van der Waals surface area contributed by atoms with Crippen molar-refractivity contribution in [2.75, 3.05) is 0 Å². The van der Waals surface area contributed by atoms with E-state index in [2.05, 4.69) is 0 Å². The van der Waals surface area contributed by atoms with E-state index in [0.29, 0.717) is 0 Å². The molecule has 0 amide bonds. The Morgan fingerprint density at radius 1 is 0.123 bits per heavy atom. The van der Waals surface area contributed by atoms with Crippen LogP contribution in [0, 0.1) is 0 Å². The standard InChI is InChI=1S/Na.20H2O3Se/c;20*1-4(2)3/h;20*(H2,1,2,3)/q+1;;;;;;;;;;;;;;;;;;;;/p-1. The van der Waals surface area contributed by atoms with Crippen molar-refractivity contribution in [1.82, 2.24) is 0 Å². The number of rotatable bonds is 0. The molecule has 0 aliphatic rings. The summed E-state index contributed by atoms with van der Waals surface area (Å²) in [6, 6.07) is 0. The fourth-order valence-corrected chi connectivity index (χ4v) is 0. The first-order valence-electron chi connectivity index (χ1n) is 10.6. The van der Waals surface area contributed by atoms with Gasteiger partial charge in [0.2, 0.25) is 0 Å². The summed E-state index contributed by atoms with van der Waals surface area (Å²) in [5, 5.41) is 0. The second-order valence-corrected chi connectivity index (χ2v) is 23.9.